The average Bonchev–Trinajstić information content (AvgIpc) is 3.07. The van der Waals surface area contributed by atoms with Gasteiger partial charge in [0, 0.05) is 38.2 Å². The smallest absolute Gasteiger partial charge is 0.274 e. The van der Waals surface area contributed by atoms with Gasteiger partial charge in [-0.2, -0.15) is 0 Å². The van der Waals surface area contributed by atoms with Crippen LogP contribution in [-0.2, 0) is 13.0 Å². The Balaban J connectivity index is 1.57. The average molecular weight is 328 g/mol. The molecule has 0 N–H and O–H groups in total. The normalized spacial score (nSPS) is 17.9. The molecule has 3 heterocycles. The fourth-order valence-corrected chi connectivity index (χ4v) is 3.13. The number of aromatic nitrogens is 5. The predicted molar refractivity (Wildman–Crippen MR) is 89.3 cm³/mol. The number of hydrogen-bond acceptors (Lipinski definition) is 5. The Morgan fingerprint density at radius 3 is 3.08 bits per heavy atom. The Labute approximate surface area is 142 Å². The van der Waals surface area contributed by atoms with Gasteiger partial charge in [-0.25, -0.2) is 4.98 Å². The van der Waals surface area contributed by atoms with Gasteiger partial charge in [0.25, 0.3) is 5.91 Å². The number of piperidine rings is 1. The van der Waals surface area contributed by atoms with Crippen molar-refractivity contribution in [1.29, 1.82) is 0 Å². The summed E-state index contributed by atoms with van der Waals surface area (Å²) in [6, 6.07) is 0. The number of rotatable bonds is 6. The van der Waals surface area contributed by atoms with Crippen molar-refractivity contribution < 1.29 is 4.79 Å². The molecule has 7 heteroatoms. The van der Waals surface area contributed by atoms with E-state index in [1.807, 2.05) is 15.8 Å². The van der Waals surface area contributed by atoms with Crippen LogP contribution in [0, 0.1) is 5.92 Å². The maximum absolute atomic E-state index is 12.5. The Hall–Kier alpha value is -2.31. The summed E-state index contributed by atoms with van der Waals surface area (Å²) in [5.74, 6) is 0.370. The zero-order valence-electron chi connectivity index (χ0n) is 14.1. The summed E-state index contributed by atoms with van der Waals surface area (Å²) >= 11 is 0. The van der Waals surface area contributed by atoms with E-state index in [1.165, 1.54) is 6.20 Å². The van der Waals surface area contributed by atoms with Crippen molar-refractivity contribution in [3.05, 3.63) is 36.2 Å². The molecule has 2 aromatic rings. The first-order valence-corrected chi connectivity index (χ1v) is 8.70. The Kier molecular flexibility index (Phi) is 5.51. The van der Waals surface area contributed by atoms with E-state index in [2.05, 4.69) is 27.2 Å². The minimum Gasteiger partial charge on any atom is -0.337 e. The van der Waals surface area contributed by atoms with Gasteiger partial charge in [0.2, 0.25) is 0 Å². The summed E-state index contributed by atoms with van der Waals surface area (Å²) in [4.78, 5) is 22.5. The molecule has 0 unspecified atom stereocenters. The van der Waals surface area contributed by atoms with Crippen molar-refractivity contribution in [1.82, 2.24) is 29.9 Å². The number of amides is 1. The molecule has 1 atom stereocenters. The van der Waals surface area contributed by atoms with E-state index < -0.39 is 0 Å². The second-order valence-electron chi connectivity index (χ2n) is 6.39. The molecule has 24 heavy (non-hydrogen) atoms. The number of carbonyl (C=O) groups is 1. The molecule has 3 rings (SSSR count). The maximum atomic E-state index is 12.5. The lowest BCUT2D eigenvalue weighted by atomic mass is 9.98. The lowest BCUT2D eigenvalue weighted by molar-refractivity contribution is 0.0653. The van der Waals surface area contributed by atoms with Crippen LogP contribution in [0.5, 0.6) is 0 Å². The van der Waals surface area contributed by atoms with Crippen LogP contribution in [0.2, 0.25) is 0 Å². The van der Waals surface area contributed by atoms with Crippen molar-refractivity contribution in [3.8, 4) is 0 Å². The molecular formula is C17H24N6O. The molecule has 1 aliphatic rings. The van der Waals surface area contributed by atoms with Crippen LogP contribution in [-0.4, -0.2) is 48.9 Å². The van der Waals surface area contributed by atoms with Crippen molar-refractivity contribution in [3.63, 3.8) is 0 Å². The van der Waals surface area contributed by atoms with Gasteiger partial charge < -0.3 is 4.90 Å². The second-order valence-corrected chi connectivity index (χ2v) is 6.39. The van der Waals surface area contributed by atoms with E-state index in [9.17, 15) is 4.79 Å². The lowest BCUT2D eigenvalue weighted by Crippen LogP contribution is -2.41. The molecule has 1 saturated heterocycles. The SMILES string of the molecule is CCCCc1cn(C[C@@H]2CCCN(C(=O)c3cnccn3)C2)nn1. The van der Waals surface area contributed by atoms with Gasteiger partial charge in [-0.3, -0.25) is 14.5 Å². The largest absolute Gasteiger partial charge is 0.337 e. The zero-order chi connectivity index (χ0) is 16.8. The number of likely N-dealkylation sites (tertiary alicyclic amines) is 1. The highest BCUT2D eigenvalue weighted by molar-refractivity contribution is 5.92. The van der Waals surface area contributed by atoms with Crippen molar-refractivity contribution in [2.24, 2.45) is 5.92 Å². The minimum atomic E-state index is -0.0324. The zero-order valence-corrected chi connectivity index (χ0v) is 14.1. The first-order valence-electron chi connectivity index (χ1n) is 8.70. The van der Waals surface area contributed by atoms with Gasteiger partial charge in [0.05, 0.1) is 11.9 Å². The Morgan fingerprint density at radius 1 is 1.38 bits per heavy atom. The molecule has 7 nitrogen and oxygen atoms in total. The van der Waals surface area contributed by atoms with Crippen molar-refractivity contribution >= 4 is 5.91 Å². The molecule has 128 valence electrons. The molecule has 0 aromatic carbocycles. The molecule has 0 saturated carbocycles. The molecule has 1 amide bonds. The fourth-order valence-electron chi connectivity index (χ4n) is 3.13. The maximum Gasteiger partial charge on any atom is 0.274 e. The van der Waals surface area contributed by atoms with Crippen LogP contribution in [0.4, 0.5) is 0 Å². The van der Waals surface area contributed by atoms with E-state index in [4.69, 9.17) is 0 Å². The van der Waals surface area contributed by atoms with Gasteiger partial charge in [-0.15, -0.1) is 5.10 Å². The number of carbonyl (C=O) groups excluding carboxylic acids is 1. The van der Waals surface area contributed by atoms with Crippen LogP contribution in [0.3, 0.4) is 0 Å². The summed E-state index contributed by atoms with van der Waals surface area (Å²) in [5, 5.41) is 8.47. The molecule has 0 bridgehead atoms. The number of hydrogen-bond donors (Lipinski definition) is 0. The lowest BCUT2D eigenvalue weighted by Gasteiger charge is -2.32. The number of aryl methyl sites for hydroxylation is 1. The van der Waals surface area contributed by atoms with Crippen LogP contribution in [0.1, 0.15) is 48.8 Å². The Bertz CT molecular complexity index is 656. The highest BCUT2D eigenvalue weighted by Crippen LogP contribution is 2.19. The first-order chi connectivity index (χ1) is 11.8. The third-order valence-electron chi connectivity index (χ3n) is 4.41. The molecule has 0 aliphatic carbocycles. The van der Waals surface area contributed by atoms with E-state index >= 15 is 0 Å². The van der Waals surface area contributed by atoms with Gasteiger partial charge >= 0.3 is 0 Å². The van der Waals surface area contributed by atoms with Gasteiger partial charge in [-0.1, -0.05) is 18.6 Å². The molecule has 0 radical (unpaired) electrons. The van der Waals surface area contributed by atoms with Crippen molar-refractivity contribution in [2.45, 2.75) is 45.6 Å². The van der Waals surface area contributed by atoms with E-state index in [1.54, 1.807) is 12.4 Å². The van der Waals surface area contributed by atoms with Crippen LogP contribution in [0.15, 0.2) is 24.8 Å². The van der Waals surface area contributed by atoms with Crippen LogP contribution in [0.25, 0.3) is 0 Å². The minimum absolute atomic E-state index is 0.0324. The third-order valence-corrected chi connectivity index (χ3v) is 4.41. The third kappa shape index (κ3) is 4.15. The second kappa shape index (κ2) is 7.99. The molecule has 1 fully saturated rings. The van der Waals surface area contributed by atoms with E-state index in [0.717, 1.165) is 57.4 Å². The summed E-state index contributed by atoms with van der Waals surface area (Å²) < 4.78 is 1.92. The molecule has 1 aliphatic heterocycles. The highest BCUT2D eigenvalue weighted by atomic mass is 16.2. The fraction of sp³-hybridized carbons (Fsp3) is 0.588. The predicted octanol–water partition coefficient (Wildman–Crippen LogP) is 1.96. The summed E-state index contributed by atoms with van der Waals surface area (Å²) in [6.07, 6.45) is 12.1. The van der Waals surface area contributed by atoms with Crippen LogP contribution < -0.4 is 0 Å². The summed E-state index contributed by atoms with van der Waals surface area (Å²) in [6.45, 7) is 4.50. The summed E-state index contributed by atoms with van der Waals surface area (Å²) in [7, 11) is 0. The number of nitrogens with zero attached hydrogens (tertiary/aromatic N) is 6. The number of unbranched alkanes of at least 4 members (excludes halogenated alkanes) is 1. The van der Waals surface area contributed by atoms with Crippen LogP contribution >= 0.6 is 0 Å². The highest BCUT2D eigenvalue weighted by Gasteiger charge is 2.25. The van der Waals surface area contributed by atoms with E-state index in [0.29, 0.717) is 11.6 Å². The molecule has 2 aromatic heterocycles. The standard InChI is InChI=1S/C17H24N6O/c1-2-3-6-15-13-23(21-20-15)12-14-5-4-9-22(11-14)17(24)16-10-18-7-8-19-16/h7-8,10,13-14H,2-6,9,11-12H2,1H3/t14-/m1/s1. The summed E-state index contributed by atoms with van der Waals surface area (Å²) in [5.41, 5.74) is 1.47. The van der Waals surface area contributed by atoms with Gasteiger partial charge in [0.1, 0.15) is 5.69 Å². The Morgan fingerprint density at radius 2 is 2.29 bits per heavy atom. The van der Waals surface area contributed by atoms with Gasteiger partial charge in [0.15, 0.2) is 0 Å². The van der Waals surface area contributed by atoms with Gasteiger partial charge in [-0.05, 0) is 31.6 Å². The monoisotopic (exact) mass is 328 g/mol. The van der Waals surface area contributed by atoms with Crippen molar-refractivity contribution in [2.75, 3.05) is 13.1 Å². The molecular weight excluding hydrogens is 304 g/mol. The topological polar surface area (TPSA) is 76.8 Å². The quantitative estimate of drug-likeness (QED) is 0.810. The molecule has 0 spiro atoms. The van der Waals surface area contributed by atoms with E-state index in [-0.39, 0.29) is 5.91 Å². The first kappa shape index (κ1) is 16.5.